The van der Waals surface area contributed by atoms with E-state index in [4.69, 9.17) is 9.26 Å². The fourth-order valence-corrected chi connectivity index (χ4v) is 4.73. The summed E-state index contributed by atoms with van der Waals surface area (Å²) in [7, 11) is 0. The summed E-state index contributed by atoms with van der Waals surface area (Å²) in [6.07, 6.45) is 4.22. The van der Waals surface area contributed by atoms with Crippen LogP contribution in [-0.4, -0.2) is 62.7 Å². The first-order valence-electron chi connectivity index (χ1n) is 13.2. The molecule has 0 radical (unpaired) electrons. The largest absolute Gasteiger partial charge is 0.444 e. The summed E-state index contributed by atoms with van der Waals surface area (Å²) in [6.45, 7) is 5.50. The lowest BCUT2D eigenvalue weighted by Gasteiger charge is -2.39. The maximum atomic E-state index is 14.2. The molecule has 2 fully saturated rings. The van der Waals surface area contributed by atoms with Crippen molar-refractivity contribution in [3.63, 3.8) is 0 Å². The van der Waals surface area contributed by atoms with Crippen molar-refractivity contribution in [1.29, 1.82) is 0 Å². The van der Waals surface area contributed by atoms with E-state index in [9.17, 15) is 23.2 Å². The van der Waals surface area contributed by atoms with E-state index in [1.54, 1.807) is 39.2 Å². The molecule has 11 nitrogen and oxygen atoms in total. The first-order chi connectivity index (χ1) is 19.4. The van der Waals surface area contributed by atoms with Crippen LogP contribution >= 0.6 is 0 Å². The summed E-state index contributed by atoms with van der Waals surface area (Å²) >= 11 is 0. The third-order valence-corrected chi connectivity index (χ3v) is 6.96. The second-order valence-corrected chi connectivity index (χ2v) is 11.2. The van der Waals surface area contributed by atoms with Crippen LogP contribution in [0.25, 0.3) is 11.3 Å². The average molecular weight is 569 g/mol. The molecule has 2 unspecified atom stereocenters. The highest BCUT2D eigenvalue weighted by atomic mass is 19.1. The van der Waals surface area contributed by atoms with Gasteiger partial charge in [0.15, 0.2) is 17.3 Å². The molecular formula is C28H30F2N6O5. The molecule has 2 aromatic heterocycles. The number of piperidine rings is 1. The fourth-order valence-electron chi connectivity index (χ4n) is 4.73. The van der Waals surface area contributed by atoms with E-state index in [1.807, 2.05) is 0 Å². The summed E-state index contributed by atoms with van der Waals surface area (Å²) in [4.78, 5) is 49.7. The van der Waals surface area contributed by atoms with Gasteiger partial charge < -0.3 is 24.8 Å². The monoisotopic (exact) mass is 568 g/mol. The number of benzene rings is 1. The Hall–Kier alpha value is -4.42. The van der Waals surface area contributed by atoms with Gasteiger partial charge in [0.05, 0.1) is 17.0 Å². The van der Waals surface area contributed by atoms with Crippen LogP contribution in [0.5, 0.6) is 0 Å². The summed E-state index contributed by atoms with van der Waals surface area (Å²) in [5.74, 6) is -3.03. The number of nitrogens with zero attached hydrogens (tertiary/aromatic N) is 4. The summed E-state index contributed by atoms with van der Waals surface area (Å²) in [6, 6.07) is 5.21. The molecule has 2 aliphatic rings. The first kappa shape index (κ1) is 28.1. The Morgan fingerprint density at radius 1 is 1.12 bits per heavy atom. The number of halogens is 2. The SMILES string of the molecule is CC(C)(C)OC(=O)N1CCC(NC(=O)c2cc(-c3ccc(F)cc3F)on2)C(C(=O)NC2(c3ncccn3)CC2)C1. The Labute approximate surface area is 234 Å². The van der Waals surface area contributed by atoms with E-state index >= 15 is 0 Å². The predicted octanol–water partition coefficient (Wildman–Crippen LogP) is 3.57. The molecule has 13 heteroatoms. The zero-order valence-corrected chi connectivity index (χ0v) is 22.8. The Balaban J connectivity index is 1.34. The molecule has 2 atom stereocenters. The van der Waals surface area contributed by atoms with E-state index in [-0.39, 0.29) is 42.4 Å². The lowest BCUT2D eigenvalue weighted by molar-refractivity contribution is -0.128. The molecular weight excluding hydrogens is 538 g/mol. The Bertz CT molecular complexity index is 1450. The normalized spacial score (nSPS) is 19.8. The smallest absolute Gasteiger partial charge is 0.410 e. The van der Waals surface area contributed by atoms with Crippen molar-refractivity contribution >= 4 is 17.9 Å². The molecule has 3 amide bonds. The number of likely N-dealkylation sites (tertiary alicyclic amines) is 1. The van der Waals surface area contributed by atoms with E-state index in [1.165, 1.54) is 17.0 Å². The van der Waals surface area contributed by atoms with Crippen molar-refractivity contribution < 1.29 is 32.4 Å². The Morgan fingerprint density at radius 2 is 1.85 bits per heavy atom. The minimum absolute atomic E-state index is 0.00226. The van der Waals surface area contributed by atoms with Crippen molar-refractivity contribution in [3.8, 4) is 11.3 Å². The number of amides is 3. The number of hydrogen-bond donors (Lipinski definition) is 2. The first-order valence-corrected chi connectivity index (χ1v) is 13.2. The molecule has 216 valence electrons. The predicted molar refractivity (Wildman–Crippen MR) is 140 cm³/mol. The number of carbonyl (C=O) groups excluding carboxylic acids is 3. The van der Waals surface area contributed by atoms with Gasteiger partial charge in [0.1, 0.15) is 17.2 Å². The van der Waals surface area contributed by atoms with Crippen LogP contribution in [0.1, 0.15) is 56.3 Å². The zero-order valence-electron chi connectivity index (χ0n) is 22.8. The van der Waals surface area contributed by atoms with Crippen molar-refractivity contribution in [2.45, 2.75) is 57.2 Å². The van der Waals surface area contributed by atoms with Gasteiger partial charge >= 0.3 is 6.09 Å². The summed E-state index contributed by atoms with van der Waals surface area (Å²) < 4.78 is 38.1. The molecule has 3 heterocycles. The van der Waals surface area contributed by atoms with Crippen molar-refractivity contribution in [3.05, 3.63) is 65.9 Å². The molecule has 1 saturated heterocycles. The molecule has 1 aliphatic carbocycles. The number of carbonyl (C=O) groups is 3. The van der Waals surface area contributed by atoms with E-state index in [2.05, 4.69) is 25.8 Å². The lowest BCUT2D eigenvalue weighted by atomic mass is 9.90. The van der Waals surface area contributed by atoms with E-state index in [0.717, 1.165) is 6.07 Å². The molecule has 41 heavy (non-hydrogen) atoms. The third-order valence-electron chi connectivity index (χ3n) is 6.96. The highest BCUT2D eigenvalue weighted by molar-refractivity contribution is 5.94. The molecule has 3 aromatic rings. The molecule has 1 aromatic carbocycles. The number of aromatic nitrogens is 3. The Kier molecular flexibility index (Phi) is 7.45. The van der Waals surface area contributed by atoms with Gasteiger partial charge in [0, 0.05) is 43.7 Å². The lowest BCUT2D eigenvalue weighted by Crippen LogP contribution is -2.58. The van der Waals surface area contributed by atoms with Gasteiger partial charge in [-0.05, 0) is 58.2 Å². The van der Waals surface area contributed by atoms with E-state index in [0.29, 0.717) is 24.7 Å². The molecule has 1 saturated carbocycles. The van der Waals surface area contributed by atoms with Crippen molar-refractivity contribution in [2.75, 3.05) is 13.1 Å². The second kappa shape index (κ2) is 10.9. The van der Waals surface area contributed by atoms with E-state index < -0.39 is 46.7 Å². The van der Waals surface area contributed by atoms with Crippen LogP contribution in [0.15, 0.2) is 47.2 Å². The Morgan fingerprint density at radius 3 is 2.51 bits per heavy atom. The van der Waals surface area contributed by atoms with Crippen LogP contribution < -0.4 is 10.6 Å². The van der Waals surface area contributed by atoms with Gasteiger partial charge in [-0.3, -0.25) is 9.59 Å². The number of hydrogen-bond acceptors (Lipinski definition) is 8. The maximum absolute atomic E-state index is 14.2. The van der Waals surface area contributed by atoms with Crippen LogP contribution in [0, 0.1) is 17.6 Å². The summed E-state index contributed by atoms with van der Waals surface area (Å²) in [5.41, 5.74) is -1.63. The van der Waals surface area contributed by atoms with Gasteiger partial charge in [0.2, 0.25) is 5.91 Å². The molecule has 0 bridgehead atoms. The number of ether oxygens (including phenoxy) is 1. The second-order valence-electron chi connectivity index (χ2n) is 11.2. The van der Waals surface area contributed by atoms with Crippen LogP contribution in [0.3, 0.4) is 0 Å². The minimum Gasteiger partial charge on any atom is -0.444 e. The number of rotatable bonds is 6. The minimum atomic E-state index is -0.865. The molecule has 1 aliphatic heterocycles. The van der Waals surface area contributed by atoms with Crippen LogP contribution in [0.4, 0.5) is 13.6 Å². The van der Waals surface area contributed by atoms with Gasteiger partial charge in [-0.25, -0.2) is 23.5 Å². The third kappa shape index (κ3) is 6.34. The molecule has 5 rings (SSSR count). The van der Waals surface area contributed by atoms with Crippen molar-refractivity contribution in [1.82, 2.24) is 30.7 Å². The van der Waals surface area contributed by atoms with Gasteiger partial charge in [-0.15, -0.1) is 0 Å². The highest BCUT2D eigenvalue weighted by Crippen LogP contribution is 2.44. The highest BCUT2D eigenvalue weighted by Gasteiger charge is 2.50. The standard InChI is InChI=1S/C28H30F2N6O5/c1-27(2,3)40-26(39)36-12-7-20(18(15-36)23(37)34-28(8-9-28)25-31-10-4-11-32-25)33-24(38)21-14-22(41-35-21)17-6-5-16(29)13-19(17)30/h4-6,10-11,13-14,18,20H,7-9,12,15H2,1-3H3,(H,33,38)(H,34,37). The van der Waals surface area contributed by atoms with Gasteiger partial charge in [-0.2, -0.15) is 0 Å². The van der Waals surface area contributed by atoms with Crippen LogP contribution in [0.2, 0.25) is 0 Å². The molecule has 0 spiro atoms. The number of nitrogens with one attached hydrogen (secondary N) is 2. The average Bonchev–Trinajstić information content (AvgIpc) is 3.53. The van der Waals surface area contributed by atoms with Gasteiger partial charge in [-0.1, -0.05) is 5.16 Å². The maximum Gasteiger partial charge on any atom is 0.410 e. The zero-order chi connectivity index (χ0) is 29.4. The van der Waals surface area contributed by atoms with Crippen LogP contribution in [-0.2, 0) is 15.1 Å². The van der Waals surface area contributed by atoms with Gasteiger partial charge in [0.25, 0.3) is 5.91 Å². The topological polar surface area (TPSA) is 140 Å². The summed E-state index contributed by atoms with van der Waals surface area (Å²) in [5, 5.41) is 9.60. The quantitative estimate of drug-likeness (QED) is 0.460. The fraction of sp³-hybridized carbons (Fsp3) is 0.429. The molecule has 2 N–H and O–H groups in total. The van der Waals surface area contributed by atoms with Crippen molar-refractivity contribution in [2.24, 2.45) is 5.92 Å².